The molecule has 20 heavy (non-hydrogen) atoms. The Morgan fingerprint density at radius 2 is 2.20 bits per heavy atom. The van der Waals surface area contributed by atoms with Crippen molar-refractivity contribution >= 4 is 21.6 Å². The van der Waals surface area contributed by atoms with Crippen LogP contribution in [0.3, 0.4) is 0 Å². The van der Waals surface area contributed by atoms with Crippen molar-refractivity contribution in [1.82, 2.24) is 4.31 Å². The maximum Gasteiger partial charge on any atom is 0.216 e. The third-order valence-electron chi connectivity index (χ3n) is 3.22. The SMILES string of the molecule is COCCS(=O)(=O)N1CCOC(c2ccccc2Cl)C1. The summed E-state index contributed by atoms with van der Waals surface area (Å²) in [6, 6.07) is 7.33. The predicted octanol–water partition coefficient (Wildman–Crippen LogP) is 1.69. The first-order chi connectivity index (χ1) is 9.54. The van der Waals surface area contributed by atoms with Gasteiger partial charge in [0.1, 0.15) is 0 Å². The Kier molecular flexibility index (Phi) is 5.40. The number of morpholine rings is 1. The summed E-state index contributed by atoms with van der Waals surface area (Å²) in [6.45, 7) is 1.21. The topological polar surface area (TPSA) is 55.8 Å². The quantitative estimate of drug-likeness (QED) is 0.828. The maximum atomic E-state index is 12.2. The molecule has 1 aliphatic rings. The summed E-state index contributed by atoms with van der Waals surface area (Å²) in [5.41, 5.74) is 0.820. The van der Waals surface area contributed by atoms with Gasteiger partial charge < -0.3 is 9.47 Å². The Balaban J connectivity index is 2.11. The van der Waals surface area contributed by atoms with Crippen molar-refractivity contribution in [2.45, 2.75) is 6.10 Å². The molecule has 1 atom stereocenters. The minimum absolute atomic E-state index is 0.0151. The van der Waals surface area contributed by atoms with E-state index in [0.29, 0.717) is 18.2 Å². The number of sulfonamides is 1. The molecule has 2 rings (SSSR count). The van der Waals surface area contributed by atoms with Gasteiger partial charge in [-0.1, -0.05) is 29.8 Å². The highest BCUT2D eigenvalue weighted by Crippen LogP contribution is 2.29. The summed E-state index contributed by atoms with van der Waals surface area (Å²) in [7, 11) is -1.83. The highest BCUT2D eigenvalue weighted by atomic mass is 35.5. The molecule has 1 unspecified atom stereocenters. The number of benzene rings is 1. The summed E-state index contributed by atoms with van der Waals surface area (Å²) < 4.78 is 36.3. The van der Waals surface area contributed by atoms with E-state index in [4.69, 9.17) is 21.1 Å². The van der Waals surface area contributed by atoms with Gasteiger partial charge in [-0.15, -0.1) is 0 Å². The Bertz CT molecular complexity index is 549. The number of hydrogen-bond acceptors (Lipinski definition) is 4. The first kappa shape index (κ1) is 15.7. The van der Waals surface area contributed by atoms with Crippen LogP contribution < -0.4 is 0 Å². The van der Waals surface area contributed by atoms with Crippen LogP contribution >= 0.6 is 11.6 Å². The molecular formula is C13H18ClNO4S. The van der Waals surface area contributed by atoms with Crippen molar-refractivity contribution in [3.63, 3.8) is 0 Å². The van der Waals surface area contributed by atoms with Crippen LogP contribution in [0.25, 0.3) is 0 Å². The lowest BCUT2D eigenvalue weighted by Gasteiger charge is -2.32. The molecule has 5 nitrogen and oxygen atoms in total. The zero-order valence-electron chi connectivity index (χ0n) is 11.3. The molecule has 112 valence electrons. The second-order valence-corrected chi connectivity index (χ2v) is 7.04. The van der Waals surface area contributed by atoms with Crippen molar-refractivity contribution in [1.29, 1.82) is 0 Å². The van der Waals surface area contributed by atoms with Crippen LogP contribution in [0, 0.1) is 0 Å². The van der Waals surface area contributed by atoms with Gasteiger partial charge in [0.05, 0.1) is 25.1 Å². The minimum atomic E-state index is -3.31. The van der Waals surface area contributed by atoms with E-state index in [1.807, 2.05) is 18.2 Å². The first-order valence-corrected chi connectivity index (χ1v) is 8.36. The molecule has 0 amide bonds. The molecule has 0 aromatic heterocycles. The fraction of sp³-hybridized carbons (Fsp3) is 0.538. The molecule has 1 saturated heterocycles. The van der Waals surface area contributed by atoms with Crippen LogP contribution in [0.5, 0.6) is 0 Å². The van der Waals surface area contributed by atoms with Gasteiger partial charge in [0.15, 0.2) is 0 Å². The molecule has 7 heteroatoms. The van der Waals surface area contributed by atoms with Crippen LogP contribution in [-0.2, 0) is 19.5 Å². The maximum absolute atomic E-state index is 12.2. The zero-order chi connectivity index (χ0) is 14.6. The van der Waals surface area contributed by atoms with Gasteiger partial charge in [0.2, 0.25) is 10.0 Å². The normalized spacial score (nSPS) is 21.0. The number of rotatable bonds is 5. The van der Waals surface area contributed by atoms with Gasteiger partial charge in [0.25, 0.3) is 0 Å². The lowest BCUT2D eigenvalue weighted by atomic mass is 10.1. The van der Waals surface area contributed by atoms with Gasteiger partial charge in [-0.25, -0.2) is 8.42 Å². The molecule has 1 aromatic rings. The third kappa shape index (κ3) is 3.71. The van der Waals surface area contributed by atoms with Crippen LogP contribution in [0.15, 0.2) is 24.3 Å². The van der Waals surface area contributed by atoms with Crippen molar-refractivity contribution < 1.29 is 17.9 Å². The molecule has 0 bridgehead atoms. The second-order valence-electron chi connectivity index (χ2n) is 4.55. The fourth-order valence-electron chi connectivity index (χ4n) is 2.12. The van der Waals surface area contributed by atoms with Crippen LogP contribution in [0.2, 0.25) is 5.02 Å². The standard InChI is InChI=1S/C13H18ClNO4S/c1-18-8-9-20(16,17)15-6-7-19-13(10-15)11-4-2-3-5-12(11)14/h2-5,13H,6-10H2,1H3. The van der Waals surface area contributed by atoms with Crippen LogP contribution in [-0.4, -0.2) is 51.9 Å². The summed E-state index contributed by atoms with van der Waals surface area (Å²) in [5, 5.41) is 0.591. The molecule has 0 aliphatic carbocycles. The highest BCUT2D eigenvalue weighted by Gasteiger charge is 2.30. The number of hydrogen-bond donors (Lipinski definition) is 0. The molecule has 0 spiro atoms. The van der Waals surface area contributed by atoms with E-state index in [0.717, 1.165) is 5.56 Å². The molecule has 0 saturated carbocycles. The zero-order valence-corrected chi connectivity index (χ0v) is 12.9. The largest absolute Gasteiger partial charge is 0.384 e. The van der Waals surface area contributed by atoms with Gasteiger partial charge in [-0.05, 0) is 6.07 Å². The lowest BCUT2D eigenvalue weighted by Crippen LogP contribution is -2.43. The van der Waals surface area contributed by atoms with E-state index in [2.05, 4.69) is 0 Å². The summed E-state index contributed by atoms with van der Waals surface area (Å²) >= 11 is 6.14. The fourth-order valence-corrected chi connectivity index (χ4v) is 3.73. The molecule has 1 aromatic carbocycles. The van der Waals surface area contributed by atoms with E-state index >= 15 is 0 Å². The number of methoxy groups -OCH3 is 1. The van der Waals surface area contributed by atoms with Crippen molar-refractivity contribution in [2.75, 3.05) is 39.2 Å². The molecule has 1 fully saturated rings. The van der Waals surface area contributed by atoms with Crippen molar-refractivity contribution in [3.8, 4) is 0 Å². The Labute approximate surface area is 124 Å². The molecule has 0 N–H and O–H groups in total. The summed E-state index contributed by atoms with van der Waals surface area (Å²) in [4.78, 5) is 0. The monoisotopic (exact) mass is 319 g/mol. The first-order valence-electron chi connectivity index (χ1n) is 6.37. The highest BCUT2D eigenvalue weighted by molar-refractivity contribution is 7.89. The Morgan fingerprint density at radius 3 is 2.90 bits per heavy atom. The van der Waals surface area contributed by atoms with Crippen molar-refractivity contribution in [2.24, 2.45) is 0 Å². The van der Waals surface area contributed by atoms with E-state index in [1.54, 1.807) is 6.07 Å². The second kappa shape index (κ2) is 6.87. The van der Waals surface area contributed by atoms with Gasteiger partial charge in [-0.2, -0.15) is 4.31 Å². The summed E-state index contributed by atoms with van der Waals surface area (Å²) in [5.74, 6) is -0.0151. The van der Waals surface area contributed by atoms with Gasteiger partial charge in [-0.3, -0.25) is 0 Å². The number of ether oxygens (including phenoxy) is 2. The minimum Gasteiger partial charge on any atom is -0.384 e. The van der Waals surface area contributed by atoms with Gasteiger partial charge in [0, 0.05) is 30.8 Å². The number of nitrogens with zero attached hydrogens (tertiary/aromatic N) is 1. The smallest absolute Gasteiger partial charge is 0.216 e. The van der Waals surface area contributed by atoms with E-state index in [1.165, 1.54) is 11.4 Å². The molecule has 0 radical (unpaired) electrons. The molecular weight excluding hydrogens is 302 g/mol. The molecule has 1 heterocycles. The van der Waals surface area contributed by atoms with E-state index in [-0.39, 0.29) is 25.0 Å². The molecule has 1 aliphatic heterocycles. The summed E-state index contributed by atoms with van der Waals surface area (Å²) in [6.07, 6.45) is -0.324. The number of halogens is 1. The van der Waals surface area contributed by atoms with Crippen LogP contribution in [0.4, 0.5) is 0 Å². The average Bonchev–Trinajstić information content (AvgIpc) is 2.46. The van der Waals surface area contributed by atoms with E-state index in [9.17, 15) is 8.42 Å². The average molecular weight is 320 g/mol. The lowest BCUT2D eigenvalue weighted by molar-refractivity contribution is -0.00263. The predicted molar refractivity (Wildman–Crippen MR) is 77.4 cm³/mol. The van der Waals surface area contributed by atoms with Gasteiger partial charge >= 0.3 is 0 Å². The third-order valence-corrected chi connectivity index (χ3v) is 5.37. The van der Waals surface area contributed by atoms with Crippen molar-refractivity contribution in [3.05, 3.63) is 34.9 Å². The Morgan fingerprint density at radius 1 is 1.45 bits per heavy atom. The van der Waals surface area contributed by atoms with Crippen LogP contribution in [0.1, 0.15) is 11.7 Å². The van der Waals surface area contributed by atoms with E-state index < -0.39 is 10.0 Å². The Hall–Kier alpha value is -0.660.